The van der Waals surface area contributed by atoms with Crippen LogP contribution < -0.4 is 9.47 Å². The molecule has 0 spiro atoms. The van der Waals surface area contributed by atoms with Crippen LogP contribution in [-0.4, -0.2) is 18.6 Å². The molecule has 0 aliphatic heterocycles. The fourth-order valence-electron chi connectivity index (χ4n) is 1.61. The maximum Gasteiger partial charge on any atom is 0.246 e. The minimum Gasteiger partial charge on any atom is -0.492 e. The Morgan fingerprint density at radius 3 is 2.63 bits per heavy atom. The van der Waals surface area contributed by atoms with Crippen molar-refractivity contribution in [3.8, 4) is 11.5 Å². The smallest absolute Gasteiger partial charge is 0.246 e. The molecular formula is C13H16BrNO4. The van der Waals surface area contributed by atoms with Crippen molar-refractivity contribution in [1.82, 2.24) is 0 Å². The average Bonchev–Trinajstić information content (AvgIpc) is 2.35. The number of ether oxygens (including phenoxy) is 2. The minimum absolute atomic E-state index is 0.152. The van der Waals surface area contributed by atoms with Gasteiger partial charge in [-0.2, -0.15) is 0 Å². The number of rotatable bonds is 6. The fraction of sp³-hybridized carbons (Fsp3) is 0.385. The van der Waals surface area contributed by atoms with E-state index in [1.165, 1.54) is 6.08 Å². The molecule has 0 aromatic heterocycles. The van der Waals surface area contributed by atoms with Crippen molar-refractivity contribution in [2.45, 2.75) is 20.3 Å². The summed E-state index contributed by atoms with van der Waals surface area (Å²) in [5.41, 5.74) is 0.851. The van der Waals surface area contributed by atoms with Gasteiger partial charge in [-0.25, -0.2) is 0 Å². The van der Waals surface area contributed by atoms with Crippen LogP contribution in [0.15, 0.2) is 22.3 Å². The van der Waals surface area contributed by atoms with Gasteiger partial charge < -0.3 is 9.47 Å². The Labute approximate surface area is 120 Å². The van der Waals surface area contributed by atoms with Crippen molar-refractivity contribution >= 4 is 22.0 Å². The highest BCUT2D eigenvalue weighted by Gasteiger charge is 2.13. The molecule has 1 rings (SSSR count). The second-order valence-corrected chi connectivity index (χ2v) is 4.57. The van der Waals surface area contributed by atoms with Gasteiger partial charge in [0.2, 0.25) is 5.70 Å². The van der Waals surface area contributed by atoms with E-state index in [4.69, 9.17) is 9.47 Å². The highest BCUT2D eigenvalue weighted by atomic mass is 79.9. The molecule has 19 heavy (non-hydrogen) atoms. The third kappa shape index (κ3) is 3.96. The lowest BCUT2D eigenvalue weighted by Crippen LogP contribution is -1.99. The maximum atomic E-state index is 10.8. The maximum absolute atomic E-state index is 10.8. The monoisotopic (exact) mass is 329 g/mol. The molecule has 0 atom stereocenters. The topological polar surface area (TPSA) is 61.6 Å². The Bertz CT molecular complexity index is 500. The Hall–Kier alpha value is -1.56. The van der Waals surface area contributed by atoms with Gasteiger partial charge in [0.1, 0.15) is 0 Å². The summed E-state index contributed by atoms with van der Waals surface area (Å²) in [4.78, 5) is 10.4. The van der Waals surface area contributed by atoms with Crippen LogP contribution in [0.3, 0.4) is 0 Å². The molecule has 0 bridgehead atoms. The van der Waals surface area contributed by atoms with E-state index in [0.717, 1.165) is 0 Å². The Morgan fingerprint density at radius 2 is 2.16 bits per heavy atom. The highest BCUT2D eigenvalue weighted by Crippen LogP contribution is 2.37. The molecule has 0 heterocycles. The molecule has 0 saturated carbocycles. The standard InChI is InChI=1S/C13H16BrNO4/c1-4-10(15(16)17)6-9-7-11(14)13(18-3)12(8-9)19-5-2/h6-8H,4-5H2,1-3H3. The second-order valence-electron chi connectivity index (χ2n) is 3.71. The Balaban J connectivity index is 3.27. The lowest BCUT2D eigenvalue weighted by molar-refractivity contribution is -0.425. The Morgan fingerprint density at radius 1 is 1.47 bits per heavy atom. The summed E-state index contributed by atoms with van der Waals surface area (Å²) in [5, 5.41) is 10.8. The van der Waals surface area contributed by atoms with Gasteiger partial charge in [0.15, 0.2) is 11.5 Å². The molecular weight excluding hydrogens is 314 g/mol. The average molecular weight is 330 g/mol. The third-order valence-electron chi connectivity index (χ3n) is 2.47. The van der Waals surface area contributed by atoms with E-state index in [2.05, 4.69) is 15.9 Å². The summed E-state index contributed by atoms with van der Waals surface area (Å²) in [5.74, 6) is 1.14. The number of halogens is 1. The molecule has 0 radical (unpaired) electrons. The van der Waals surface area contributed by atoms with Crippen LogP contribution in [0.5, 0.6) is 11.5 Å². The molecule has 1 aromatic carbocycles. The molecule has 0 amide bonds. The number of hydrogen-bond acceptors (Lipinski definition) is 4. The van der Waals surface area contributed by atoms with Gasteiger partial charge >= 0.3 is 0 Å². The Kier molecular flexibility index (Phi) is 5.82. The van der Waals surface area contributed by atoms with E-state index in [0.29, 0.717) is 34.6 Å². The minimum atomic E-state index is -0.376. The van der Waals surface area contributed by atoms with Gasteiger partial charge in [-0.3, -0.25) is 10.1 Å². The summed E-state index contributed by atoms with van der Waals surface area (Å²) < 4.78 is 11.4. The van der Waals surface area contributed by atoms with Crippen molar-refractivity contribution in [2.75, 3.05) is 13.7 Å². The van der Waals surface area contributed by atoms with Gasteiger partial charge in [-0.15, -0.1) is 0 Å². The molecule has 0 aliphatic carbocycles. The molecule has 1 aromatic rings. The lowest BCUT2D eigenvalue weighted by atomic mass is 10.1. The molecule has 0 fully saturated rings. The van der Waals surface area contributed by atoms with E-state index < -0.39 is 0 Å². The third-order valence-corrected chi connectivity index (χ3v) is 3.05. The number of methoxy groups -OCH3 is 1. The lowest BCUT2D eigenvalue weighted by Gasteiger charge is -2.12. The van der Waals surface area contributed by atoms with Crippen molar-refractivity contribution in [3.63, 3.8) is 0 Å². The molecule has 0 saturated heterocycles. The van der Waals surface area contributed by atoms with Crippen LogP contribution in [0, 0.1) is 10.1 Å². The first-order chi connectivity index (χ1) is 9.03. The number of hydrogen-bond donors (Lipinski definition) is 0. The van der Waals surface area contributed by atoms with E-state index in [-0.39, 0.29) is 10.6 Å². The number of benzene rings is 1. The summed E-state index contributed by atoms with van der Waals surface area (Å²) >= 11 is 3.37. The number of allylic oxidation sites excluding steroid dienone is 1. The highest BCUT2D eigenvalue weighted by molar-refractivity contribution is 9.10. The first-order valence-electron chi connectivity index (χ1n) is 5.88. The van der Waals surface area contributed by atoms with E-state index in [1.54, 1.807) is 26.2 Å². The van der Waals surface area contributed by atoms with E-state index >= 15 is 0 Å². The summed E-state index contributed by atoms with van der Waals surface area (Å²) in [6.45, 7) is 4.10. The van der Waals surface area contributed by atoms with Crippen LogP contribution >= 0.6 is 15.9 Å². The predicted octanol–water partition coefficient (Wildman–Crippen LogP) is 3.88. The molecule has 0 aliphatic rings. The van der Waals surface area contributed by atoms with Gasteiger partial charge in [0.25, 0.3) is 0 Å². The van der Waals surface area contributed by atoms with E-state index in [1.807, 2.05) is 6.92 Å². The van der Waals surface area contributed by atoms with Crippen LogP contribution in [0.25, 0.3) is 6.08 Å². The summed E-state index contributed by atoms with van der Waals surface area (Å²) in [7, 11) is 1.55. The summed E-state index contributed by atoms with van der Waals surface area (Å²) in [6.07, 6.45) is 1.90. The van der Waals surface area contributed by atoms with Gasteiger partial charge in [-0.1, -0.05) is 6.92 Å². The molecule has 0 N–H and O–H groups in total. The van der Waals surface area contributed by atoms with Gasteiger partial charge in [-0.05, 0) is 40.5 Å². The van der Waals surface area contributed by atoms with Gasteiger partial charge in [0, 0.05) is 12.5 Å². The normalized spacial score (nSPS) is 11.3. The van der Waals surface area contributed by atoms with Crippen molar-refractivity contribution in [2.24, 2.45) is 0 Å². The predicted molar refractivity (Wildman–Crippen MR) is 77.1 cm³/mol. The quantitative estimate of drug-likeness (QED) is 0.586. The van der Waals surface area contributed by atoms with Gasteiger partial charge in [0.05, 0.1) is 23.1 Å². The van der Waals surface area contributed by atoms with Crippen molar-refractivity contribution in [3.05, 3.63) is 38.0 Å². The number of nitrogens with zero attached hydrogens (tertiary/aromatic N) is 1. The summed E-state index contributed by atoms with van der Waals surface area (Å²) in [6, 6.07) is 3.49. The molecule has 104 valence electrons. The SMILES string of the molecule is CCOc1cc(C=C(CC)[N+](=O)[O-])cc(Br)c1OC. The van der Waals surface area contributed by atoms with Crippen molar-refractivity contribution in [1.29, 1.82) is 0 Å². The van der Waals surface area contributed by atoms with Crippen LogP contribution in [0.4, 0.5) is 0 Å². The fourth-order valence-corrected chi connectivity index (χ4v) is 2.23. The molecule has 6 heteroatoms. The van der Waals surface area contributed by atoms with Crippen LogP contribution in [0.1, 0.15) is 25.8 Å². The van der Waals surface area contributed by atoms with E-state index in [9.17, 15) is 10.1 Å². The zero-order valence-electron chi connectivity index (χ0n) is 11.1. The van der Waals surface area contributed by atoms with Crippen molar-refractivity contribution < 1.29 is 14.4 Å². The van der Waals surface area contributed by atoms with Crippen LogP contribution in [0.2, 0.25) is 0 Å². The number of nitro groups is 1. The zero-order chi connectivity index (χ0) is 14.4. The first kappa shape index (κ1) is 15.5. The zero-order valence-corrected chi connectivity index (χ0v) is 12.7. The largest absolute Gasteiger partial charge is 0.492 e. The molecule has 0 unspecified atom stereocenters. The molecule has 5 nitrogen and oxygen atoms in total. The van der Waals surface area contributed by atoms with Crippen LogP contribution in [-0.2, 0) is 0 Å². The second kappa shape index (κ2) is 7.13. The first-order valence-corrected chi connectivity index (χ1v) is 6.68.